The van der Waals surface area contributed by atoms with E-state index in [1.165, 1.54) is 17.3 Å². The number of rotatable bonds is 6. The van der Waals surface area contributed by atoms with Gasteiger partial charge in [0.2, 0.25) is 11.1 Å². The van der Waals surface area contributed by atoms with Crippen molar-refractivity contribution >= 4 is 17.7 Å². The standard InChI is InChI=1S/C22H25N5O2S/c1-16(30-22-23-24-25-27(22)19-7-9-20(28)10-8-19)21(29)26-13-11-18(12-14-26)15-17-5-3-2-4-6-17/h2-10,16,18,28H,11-15H2,1H3. The average Bonchev–Trinajstić information content (AvgIpc) is 3.23. The Morgan fingerprint density at radius 3 is 2.53 bits per heavy atom. The second-order valence-electron chi connectivity index (χ2n) is 7.61. The molecule has 1 amide bonds. The van der Waals surface area contributed by atoms with Crippen LogP contribution in [0.1, 0.15) is 25.3 Å². The Morgan fingerprint density at radius 2 is 1.83 bits per heavy atom. The number of amides is 1. The number of piperidine rings is 1. The number of aromatic nitrogens is 4. The third kappa shape index (κ3) is 4.81. The van der Waals surface area contributed by atoms with Gasteiger partial charge < -0.3 is 10.0 Å². The number of phenolic OH excluding ortho intramolecular Hbond substituents is 1. The van der Waals surface area contributed by atoms with Crippen molar-refractivity contribution in [3.05, 3.63) is 60.2 Å². The lowest BCUT2D eigenvalue weighted by Crippen LogP contribution is -2.42. The Hall–Kier alpha value is -2.87. The predicted molar refractivity (Wildman–Crippen MR) is 116 cm³/mol. The highest BCUT2D eigenvalue weighted by Crippen LogP contribution is 2.27. The molecular weight excluding hydrogens is 398 g/mol. The number of likely N-dealkylation sites (tertiary alicyclic amines) is 1. The van der Waals surface area contributed by atoms with Crippen molar-refractivity contribution in [2.75, 3.05) is 13.1 Å². The molecule has 1 aliphatic rings. The monoisotopic (exact) mass is 423 g/mol. The fraction of sp³-hybridized carbons (Fsp3) is 0.364. The summed E-state index contributed by atoms with van der Waals surface area (Å²) in [5.41, 5.74) is 2.11. The number of nitrogens with zero attached hydrogens (tertiary/aromatic N) is 5. The Balaban J connectivity index is 1.33. The minimum atomic E-state index is -0.280. The zero-order valence-corrected chi connectivity index (χ0v) is 17.7. The molecule has 4 rings (SSSR count). The molecule has 1 N–H and O–H groups in total. The Labute approximate surface area is 180 Å². The summed E-state index contributed by atoms with van der Waals surface area (Å²) >= 11 is 1.35. The first-order valence-electron chi connectivity index (χ1n) is 10.2. The summed E-state index contributed by atoms with van der Waals surface area (Å²) in [4.78, 5) is 14.9. The van der Waals surface area contributed by atoms with E-state index in [1.807, 2.05) is 17.9 Å². The summed E-state index contributed by atoms with van der Waals surface area (Å²) < 4.78 is 1.58. The van der Waals surface area contributed by atoms with Gasteiger partial charge in [0.15, 0.2) is 0 Å². The number of phenols is 1. The molecule has 3 aromatic rings. The zero-order chi connectivity index (χ0) is 20.9. The molecule has 0 radical (unpaired) electrons. The second kappa shape index (κ2) is 9.30. The molecule has 0 bridgehead atoms. The van der Waals surface area contributed by atoms with Crippen molar-refractivity contribution in [2.45, 2.75) is 36.6 Å². The van der Waals surface area contributed by atoms with E-state index in [4.69, 9.17) is 0 Å². The van der Waals surface area contributed by atoms with Gasteiger partial charge in [0.05, 0.1) is 10.9 Å². The largest absolute Gasteiger partial charge is 0.508 e. The maximum atomic E-state index is 13.0. The van der Waals surface area contributed by atoms with Gasteiger partial charge in [-0.1, -0.05) is 42.1 Å². The van der Waals surface area contributed by atoms with E-state index in [2.05, 4.69) is 39.8 Å². The van der Waals surface area contributed by atoms with E-state index in [0.29, 0.717) is 11.1 Å². The smallest absolute Gasteiger partial charge is 0.235 e. The molecule has 1 atom stereocenters. The summed E-state index contributed by atoms with van der Waals surface area (Å²) in [5, 5.41) is 21.6. The number of hydrogen-bond acceptors (Lipinski definition) is 6. The average molecular weight is 424 g/mol. The van der Waals surface area contributed by atoms with Crippen LogP contribution in [-0.2, 0) is 11.2 Å². The van der Waals surface area contributed by atoms with Gasteiger partial charge in [0.25, 0.3) is 0 Å². The normalized spacial score (nSPS) is 15.8. The highest BCUT2D eigenvalue weighted by Gasteiger charge is 2.28. The maximum absolute atomic E-state index is 13.0. The highest BCUT2D eigenvalue weighted by molar-refractivity contribution is 8.00. The van der Waals surface area contributed by atoms with E-state index >= 15 is 0 Å². The quantitative estimate of drug-likeness (QED) is 0.612. The predicted octanol–water partition coefficient (Wildman–Crippen LogP) is 3.33. The number of benzene rings is 2. The van der Waals surface area contributed by atoms with Crippen LogP contribution in [0.4, 0.5) is 0 Å². The molecular formula is C22H25N5O2S. The zero-order valence-electron chi connectivity index (χ0n) is 16.9. The third-order valence-electron chi connectivity index (χ3n) is 5.46. The van der Waals surface area contributed by atoms with Crippen LogP contribution in [0.5, 0.6) is 5.75 Å². The first-order valence-corrected chi connectivity index (χ1v) is 11.1. The first-order chi connectivity index (χ1) is 14.6. The van der Waals surface area contributed by atoms with Gasteiger partial charge in [-0.3, -0.25) is 4.79 Å². The molecule has 156 valence electrons. The Bertz CT molecular complexity index is 969. The van der Waals surface area contributed by atoms with Gasteiger partial charge >= 0.3 is 0 Å². The van der Waals surface area contributed by atoms with E-state index in [0.717, 1.165) is 38.0 Å². The van der Waals surface area contributed by atoms with Gasteiger partial charge in [-0.05, 0) is 72.4 Å². The molecule has 7 nitrogen and oxygen atoms in total. The number of carbonyl (C=O) groups is 1. The van der Waals surface area contributed by atoms with Gasteiger partial charge in [-0.15, -0.1) is 5.10 Å². The van der Waals surface area contributed by atoms with Crippen LogP contribution in [-0.4, -0.2) is 54.5 Å². The molecule has 1 aromatic heterocycles. The van der Waals surface area contributed by atoms with Crippen LogP contribution in [0.2, 0.25) is 0 Å². The van der Waals surface area contributed by atoms with Gasteiger partial charge in [-0.25, -0.2) is 0 Å². The molecule has 1 aliphatic heterocycles. The van der Waals surface area contributed by atoms with Crippen LogP contribution < -0.4 is 0 Å². The molecule has 0 aliphatic carbocycles. The first kappa shape index (κ1) is 20.4. The van der Waals surface area contributed by atoms with Crippen molar-refractivity contribution in [1.82, 2.24) is 25.1 Å². The maximum Gasteiger partial charge on any atom is 0.235 e. The van der Waals surface area contributed by atoms with E-state index in [1.54, 1.807) is 28.9 Å². The van der Waals surface area contributed by atoms with Crippen molar-refractivity contribution in [1.29, 1.82) is 0 Å². The molecule has 0 saturated carbocycles. The number of aromatic hydroxyl groups is 1. The second-order valence-corrected chi connectivity index (χ2v) is 8.92. The van der Waals surface area contributed by atoms with Crippen LogP contribution in [0.15, 0.2) is 59.8 Å². The number of tetrazole rings is 1. The lowest BCUT2D eigenvalue weighted by molar-refractivity contribution is -0.131. The lowest BCUT2D eigenvalue weighted by atomic mass is 9.90. The van der Waals surface area contributed by atoms with E-state index in [-0.39, 0.29) is 16.9 Å². The van der Waals surface area contributed by atoms with E-state index in [9.17, 15) is 9.90 Å². The number of thioether (sulfide) groups is 1. The minimum Gasteiger partial charge on any atom is -0.508 e. The van der Waals surface area contributed by atoms with Crippen molar-refractivity contribution < 1.29 is 9.90 Å². The highest BCUT2D eigenvalue weighted by atomic mass is 32.2. The summed E-state index contributed by atoms with van der Waals surface area (Å²) in [5.74, 6) is 0.930. The van der Waals surface area contributed by atoms with Crippen molar-refractivity contribution in [2.24, 2.45) is 5.92 Å². The SMILES string of the molecule is CC(Sc1nnnn1-c1ccc(O)cc1)C(=O)N1CCC(Cc2ccccc2)CC1. The summed E-state index contributed by atoms with van der Waals surface area (Å²) in [6.07, 6.45) is 3.14. The van der Waals surface area contributed by atoms with Gasteiger partial charge in [0, 0.05) is 13.1 Å². The van der Waals surface area contributed by atoms with Gasteiger partial charge in [0.1, 0.15) is 5.75 Å². The van der Waals surface area contributed by atoms with Crippen LogP contribution >= 0.6 is 11.8 Å². The molecule has 30 heavy (non-hydrogen) atoms. The molecule has 2 aromatic carbocycles. The van der Waals surface area contributed by atoms with Crippen LogP contribution in [0.3, 0.4) is 0 Å². The summed E-state index contributed by atoms with van der Waals surface area (Å²) in [6, 6.07) is 17.2. The van der Waals surface area contributed by atoms with Crippen LogP contribution in [0.25, 0.3) is 5.69 Å². The summed E-state index contributed by atoms with van der Waals surface area (Å²) in [6.45, 7) is 3.49. The molecule has 1 unspecified atom stereocenters. The molecule has 0 spiro atoms. The lowest BCUT2D eigenvalue weighted by Gasteiger charge is -2.33. The molecule has 8 heteroatoms. The number of hydrogen-bond donors (Lipinski definition) is 1. The third-order valence-corrected chi connectivity index (χ3v) is 6.48. The fourth-order valence-electron chi connectivity index (χ4n) is 3.78. The topological polar surface area (TPSA) is 84.1 Å². The molecule has 1 fully saturated rings. The molecule has 2 heterocycles. The summed E-state index contributed by atoms with van der Waals surface area (Å²) in [7, 11) is 0. The van der Waals surface area contributed by atoms with Crippen LogP contribution in [0, 0.1) is 5.92 Å². The molecule has 1 saturated heterocycles. The fourth-order valence-corrected chi connectivity index (χ4v) is 4.67. The van der Waals surface area contributed by atoms with Crippen molar-refractivity contribution in [3.63, 3.8) is 0 Å². The van der Waals surface area contributed by atoms with Crippen molar-refractivity contribution in [3.8, 4) is 11.4 Å². The minimum absolute atomic E-state index is 0.124. The Morgan fingerprint density at radius 1 is 1.13 bits per heavy atom. The number of carbonyl (C=O) groups excluding carboxylic acids is 1. The van der Waals surface area contributed by atoms with E-state index < -0.39 is 0 Å². The van der Waals surface area contributed by atoms with Gasteiger partial charge in [-0.2, -0.15) is 4.68 Å². The Kier molecular flexibility index (Phi) is 6.32.